The summed E-state index contributed by atoms with van der Waals surface area (Å²) in [6.45, 7) is 5.16. The van der Waals surface area contributed by atoms with Gasteiger partial charge in [-0.3, -0.25) is 19.3 Å². The second-order valence-electron chi connectivity index (χ2n) is 8.65. The van der Waals surface area contributed by atoms with Crippen LogP contribution in [0, 0.1) is 12.7 Å². The van der Waals surface area contributed by atoms with Gasteiger partial charge in [-0.15, -0.1) is 0 Å². The van der Waals surface area contributed by atoms with Crippen LogP contribution in [0.2, 0.25) is 0 Å². The number of Topliss-reactive ketones (excluding diaryl/α,β-unsaturated/α-hetero) is 1. The third kappa shape index (κ3) is 5.56. The van der Waals surface area contributed by atoms with Gasteiger partial charge in [0.1, 0.15) is 11.5 Å². The molecule has 2 aromatic carbocycles. The van der Waals surface area contributed by atoms with Crippen molar-refractivity contribution in [2.45, 2.75) is 39.8 Å². The molecule has 8 nitrogen and oxygen atoms in total. The van der Waals surface area contributed by atoms with Crippen molar-refractivity contribution in [3.05, 3.63) is 77.0 Å². The number of anilines is 1. The van der Waals surface area contributed by atoms with Gasteiger partial charge < -0.3 is 19.2 Å². The maximum absolute atomic E-state index is 13.9. The molecule has 3 aromatic rings. The van der Waals surface area contributed by atoms with Gasteiger partial charge in [0.25, 0.3) is 11.8 Å². The van der Waals surface area contributed by atoms with Crippen molar-refractivity contribution in [1.82, 2.24) is 5.32 Å². The maximum atomic E-state index is 13.9. The zero-order valence-corrected chi connectivity index (χ0v) is 20.3. The number of halogens is 1. The topological polar surface area (TPSA) is 98.1 Å². The summed E-state index contributed by atoms with van der Waals surface area (Å²) in [5.74, 6) is -0.630. The summed E-state index contributed by atoms with van der Waals surface area (Å²) in [6.07, 6.45) is 0.782. The Morgan fingerprint density at radius 2 is 1.97 bits per heavy atom. The van der Waals surface area contributed by atoms with E-state index in [-0.39, 0.29) is 54.7 Å². The maximum Gasteiger partial charge on any atom is 0.287 e. The van der Waals surface area contributed by atoms with Crippen LogP contribution in [0.15, 0.2) is 52.9 Å². The smallest absolute Gasteiger partial charge is 0.287 e. The van der Waals surface area contributed by atoms with E-state index in [0.717, 1.165) is 12.0 Å². The first-order valence-electron chi connectivity index (χ1n) is 11.6. The third-order valence-corrected chi connectivity index (χ3v) is 5.86. The van der Waals surface area contributed by atoms with Crippen molar-refractivity contribution in [1.29, 1.82) is 0 Å². The predicted molar refractivity (Wildman–Crippen MR) is 130 cm³/mol. The first-order chi connectivity index (χ1) is 17.2. The lowest BCUT2D eigenvalue weighted by Gasteiger charge is -2.29. The Balaban J connectivity index is 1.50. The van der Waals surface area contributed by atoms with Crippen LogP contribution < -0.4 is 19.7 Å². The molecule has 9 heteroatoms. The molecule has 0 bridgehead atoms. The standard InChI is InChI=1S/C27H27FN2O6/c1-4-17(3)29-27(33)24-10-7-19(36-24)13-30-21-12-18(6-9-23(21)35-15-26(30)32)22(31)14-34-25-11-16(2)5-8-20(25)28/h5-12,17H,4,13-15H2,1-3H3,(H,29,33)/t17-/m1/s1. The number of fused-ring (bicyclic) bond motifs is 1. The van der Waals surface area contributed by atoms with Crippen molar-refractivity contribution in [3.63, 3.8) is 0 Å². The summed E-state index contributed by atoms with van der Waals surface area (Å²) in [4.78, 5) is 39.2. The summed E-state index contributed by atoms with van der Waals surface area (Å²) >= 11 is 0. The number of nitrogens with zero attached hydrogens (tertiary/aromatic N) is 1. The van der Waals surface area contributed by atoms with Gasteiger partial charge in [-0.25, -0.2) is 4.39 Å². The molecule has 1 atom stereocenters. The number of rotatable bonds is 9. The molecule has 1 aromatic heterocycles. The number of aryl methyl sites for hydroxylation is 1. The van der Waals surface area contributed by atoms with Crippen LogP contribution in [0.25, 0.3) is 0 Å². The fourth-order valence-electron chi connectivity index (χ4n) is 3.63. The Bertz CT molecular complexity index is 1300. The highest BCUT2D eigenvalue weighted by Gasteiger charge is 2.28. The number of benzene rings is 2. The Hall–Kier alpha value is -4.14. The number of ether oxygens (including phenoxy) is 2. The minimum absolute atomic E-state index is 0.00101. The highest BCUT2D eigenvalue weighted by Crippen LogP contribution is 2.34. The zero-order chi connectivity index (χ0) is 25.8. The number of carbonyl (C=O) groups is 3. The van der Waals surface area contributed by atoms with Gasteiger partial charge in [-0.2, -0.15) is 0 Å². The molecule has 4 rings (SSSR count). The fraction of sp³-hybridized carbons (Fsp3) is 0.296. The fourth-order valence-corrected chi connectivity index (χ4v) is 3.63. The average Bonchev–Trinajstić information content (AvgIpc) is 3.34. The Morgan fingerprint density at radius 1 is 1.17 bits per heavy atom. The van der Waals surface area contributed by atoms with Crippen LogP contribution in [0.3, 0.4) is 0 Å². The lowest BCUT2D eigenvalue weighted by Crippen LogP contribution is -2.38. The Labute approximate surface area is 208 Å². The van der Waals surface area contributed by atoms with Gasteiger partial charge in [0.2, 0.25) is 0 Å². The lowest BCUT2D eigenvalue weighted by molar-refractivity contribution is -0.121. The van der Waals surface area contributed by atoms with E-state index in [4.69, 9.17) is 13.9 Å². The van der Waals surface area contributed by atoms with E-state index < -0.39 is 11.6 Å². The van der Waals surface area contributed by atoms with Gasteiger partial charge in [0.05, 0.1) is 12.2 Å². The number of ketones is 1. The molecule has 1 aliphatic rings. The van der Waals surface area contributed by atoms with Crippen LogP contribution in [0.5, 0.6) is 11.5 Å². The summed E-state index contributed by atoms with van der Waals surface area (Å²) < 4.78 is 30.5. The average molecular weight is 495 g/mol. The molecule has 2 amide bonds. The van der Waals surface area contributed by atoms with E-state index >= 15 is 0 Å². The van der Waals surface area contributed by atoms with Crippen LogP contribution in [0.1, 0.15) is 52.5 Å². The lowest BCUT2D eigenvalue weighted by atomic mass is 10.1. The molecule has 188 valence electrons. The van der Waals surface area contributed by atoms with Gasteiger partial charge in [0.15, 0.2) is 36.3 Å². The van der Waals surface area contributed by atoms with Crippen LogP contribution in [-0.2, 0) is 11.3 Å². The largest absolute Gasteiger partial charge is 0.482 e. The normalized spacial score (nSPS) is 13.6. The second kappa shape index (κ2) is 10.6. The van der Waals surface area contributed by atoms with E-state index in [1.54, 1.807) is 37.3 Å². The molecule has 0 unspecified atom stereocenters. The van der Waals surface area contributed by atoms with Crippen molar-refractivity contribution in [2.75, 3.05) is 18.1 Å². The monoisotopic (exact) mass is 494 g/mol. The molecule has 0 aliphatic carbocycles. The van der Waals surface area contributed by atoms with E-state index in [2.05, 4.69) is 5.32 Å². The molecule has 36 heavy (non-hydrogen) atoms. The molecule has 0 spiro atoms. The summed E-state index contributed by atoms with van der Waals surface area (Å²) in [6, 6.07) is 12.3. The van der Waals surface area contributed by atoms with E-state index in [1.165, 1.54) is 23.1 Å². The van der Waals surface area contributed by atoms with E-state index in [0.29, 0.717) is 17.2 Å². The Morgan fingerprint density at radius 3 is 2.75 bits per heavy atom. The zero-order valence-electron chi connectivity index (χ0n) is 20.3. The van der Waals surface area contributed by atoms with E-state index in [1.807, 2.05) is 13.8 Å². The molecule has 1 N–H and O–H groups in total. The molecule has 0 fully saturated rings. The summed E-state index contributed by atoms with van der Waals surface area (Å²) in [5.41, 5.74) is 1.47. The number of hydrogen-bond donors (Lipinski definition) is 1. The number of nitrogens with one attached hydrogen (secondary N) is 1. The highest BCUT2D eigenvalue weighted by molar-refractivity contribution is 6.02. The Kier molecular flexibility index (Phi) is 7.38. The quantitative estimate of drug-likeness (QED) is 0.442. The first kappa shape index (κ1) is 25.0. The van der Waals surface area contributed by atoms with Crippen molar-refractivity contribution >= 4 is 23.3 Å². The molecular formula is C27H27FN2O6. The van der Waals surface area contributed by atoms with Gasteiger partial charge in [0, 0.05) is 11.6 Å². The summed E-state index contributed by atoms with van der Waals surface area (Å²) in [7, 11) is 0. The molecular weight excluding hydrogens is 467 g/mol. The third-order valence-electron chi connectivity index (χ3n) is 5.86. The SMILES string of the molecule is CC[C@@H](C)NC(=O)c1ccc(CN2C(=O)COc3ccc(C(=O)COc4cc(C)ccc4F)cc32)o1. The van der Waals surface area contributed by atoms with Crippen molar-refractivity contribution < 1.29 is 32.7 Å². The molecule has 0 saturated heterocycles. The highest BCUT2D eigenvalue weighted by atomic mass is 19.1. The van der Waals surface area contributed by atoms with Gasteiger partial charge in [-0.05, 0) is 68.3 Å². The molecule has 1 aliphatic heterocycles. The molecule has 0 radical (unpaired) electrons. The number of furan rings is 1. The van der Waals surface area contributed by atoms with Crippen molar-refractivity contribution in [3.8, 4) is 11.5 Å². The minimum Gasteiger partial charge on any atom is -0.482 e. The molecule has 2 heterocycles. The number of carbonyl (C=O) groups excluding carboxylic acids is 3. The van der Waals surface area contributed by atoms with E-state index in [9.17, 15) is 18.8 Å². The molecule has 0 saturated carbocycles. The predicted octanol–water partition coefficient (Wildman–Crippen LogP) is 4.44. The van der Waals surface area contributed by atoms with Gasteiger partial charge >= 0.3 is 0 Å². The first-order valence-corrected chi connectivity index (χ1v) is 11.6. The van der Waals surface area contributed by atoms with Crippen LogP contribution >= 0.6 is 0 Å². The van der Waals surface area contributed by atoms with Crippen LogP contribution in [0.4, 0.5) is 10.1 Å². The minimum atomic E-state index is -0.556. The number of hydrogen-bond acceptors (Lipinski definition) is 6. The van der Waals surface area contributed by atoms with Gasteiger partial charge in [-0.1, -0.05) is 13.0 Å². The van der Waals surface area contributed by atoms with Crippen molar-refractivity contribution in [2.24, 2.45) is 0 Å². The summed E-state index contributed by atoms with van der Waals surface area (Å²) in [5, 5.41) is 2.83. The number of amides is 2. The second-order valence-corrected chi connectivity index (χ2v) is 8.65. The van der Waals surface area contributed by atoms with Crippen LogP contribution in [-0.4, -0.2) is 36.9 Å².